The molecule has 0 aromatic heterocycles. The van der Waals surface area contributed by atoms with Gasteiger partial charge in [-0.05, 0) is 15.8 Å². The van der Waals surface area contributed by atoms with Gasteiger partial charge in [-0.3, -0.25) is 0 Å². The maximum absolute atomic E-state index is 3.72. The Hall–Kier alpha value is -0.935. The van der Waals surface area contributed by atoms with Gasteiger partial charge in [-0.2, -0.15) is 67.4 Å². The largest absolute Gasteiger partial charge is 0.748 e. The van der Waals surface area contributed by atoms with Crippen molar-refractivity contribution in [3.63, 3.8) is 0 Å². The third-order valence-corrected chi connectivity index (χ3v) is 6.92. The summed E-state index contributed by atoms with van der Waals surface area (Å²) < 4.78 is 0. The van der Waals surface area contributed by atoms with E-state index in [2.05, 4.69) is 40.5 Å². The average Bonchev–Trinajstić information content (AvgIpc) is 3.53. The maximum Gasteiger partial charge on any atom is 0.0899 e. The van der Waals surface area contributed by atoms with E-state index in [1.165, 1.54) is 12.3 Å². The van der Waals surface area contributed by atoms with Crippen molar-refractivity contribution >= 4 is 15.8 Å². The summed E-state index contributed by atoms with van der Waals surface area (Å²) in [5, 5.41) is 0. The fourth-order valence-electron chi connectivity index (χ4n) is 2.10. The normalized spacial score (nSPS) is 8.79. The summed E-state index contributed by atoms with van der Waals surface area (Å²) in [4.78, 5) is 0. The molecule has 0 aliphatic rings. The fraction of sp³-hybridized carbons (Fsp3) is 0.200. The van der Waals surface area contributed by atoms with Crippen molar-refractivity contribution in [1.29, 1.82) is 0 Å². The van der Waals surface area contributed by atoms with Crippen molar-refractivity contribution in [2.75, 3.05) is 39.0 Å². The van der Waals surface area contributed by atoms with Crippen molar-refractivity contribution in [2.24, 2.45) is 0 Å². The zero-order valence-corrected chi connectivity index (χ0v) is 27.0. The molecule has 4 aromatic carbocycles. The molecule has 0 aliphatic carbocycles. The molecule has 0 radical (unpaired) electrons. The third-order valence-electron chi connectivity index (χ3n) is 3.92. The van der Waals surface area contributed by atoms with Gasteiger partial charge in [-0.1, -0.05) is 12.1 Å². The van der Waals surface area contributed by atoms with Crippen LogP contribution in [0.3, 0.4) is 0 Å². The molecule has 0 amide bonds. The van der Waals surface area contributed by atoms with Crippen LogP contribution in [0.2, 0.25) is 0 Å². The van der Waals surface area contributed by atoms with Gasteiger partial charge in [0.2, 0.25) is 0 Å². The summed E-state index contributed by atoms with van der Waals surface area (Å²) >= 11 is 0. The monoisotopic (exact) mass is 696 g/mol. The molecule has 0 N–H and O–H groups in total. The number of benzene rings is 2. The van der Waals surface area contributed by atoms with Crippen molar-refractivity contribution in [3.05, 3.63) is 146 Å². The predicted octanol–water partition coefficient (Wildman–Crippen LogP) is 8.48. The van der Waals surface area contributed by atoms with E-state index in [-0.39, 0.29) is 55.8 Å². The van der Waals surface area contributed by atoms with E-state index >= 15 is 0 Å². The minimum atomic E-state index is 0. The van der Waals surface area contributed by atoms with Gasteiger partial charge in [-0.15, -0.1) is 24.3 Å². The summed E-state index contributed by atoms with van der Waals surface area (Å²) in [5.74, 6) is 0. The van der Waals surface area contributed by atoms with Gasteiger partial charge in [-0.25, -0.2) is 12.1 Å². The zero-order chi connectivity index (χ0) is 23.9. The molecule has 0 nitrogen and oxygen atoms in total. The first kappa shape index (κ1) is 34.2. The van der Waals surface area contributed by atoms with E-state index in [4.69, 9.17) is 0 Å². The summed E-state index contributed by atoms with van der Waals surface area (Å²) in [6.45, 7) is 17.0. The van der Waals surface area contributed by atoms with Crippen LogP contribution in [0.25, 0.3) is 0 Å². The van der Waals surface area contributed by atoms with Gasteiger partial charge in [0, 0.05) is 66.6 Å². The first-order chi connectivity index (χ1) is 15.4. The summed E-state index contributed by atoms with van der Waals surface area (Å²) in [6.07, 6.45) is 3.07. The quantitative estimate of drug-likeness (QED) is 0.149. The molecule has 0 heterocycles. The SMILES string of the molecule is C[PH+](C)CC[PH+](C)C.[CH2-]c1ccccc1.[CH2-]c1ccccc1.[Th].[cH-]1[cH-][cH-][cH-][cH-]1.c1cc[cH-]c1. The van der Waals surface area contributed by atoms with E-state index in [1.54, 1.807) is 0 Å². The predicted molar refractivity (Wildman–Crippen MR) is 156 cm³/mol. The minimum Gasteiger partial charge on any atom is -0.748 e. The molecule has 33 heavy (non-hydrogen) atoms. The van der Waals surface area contributed by atoms with E-state index < -0.39 is 0 Å². The maximum atomic E-state index is 3.72. The second-order valence-electron chi connectivity index (χ2n) is 7.81. The molecule has 0 bridgehead atoms. The molecule has 0 spiro atoms. The van der Waals surface area contributed by atoms with E-state index in [9.17, 15) is 0 Å². The van der Waals surface area contributed by atoms with Gasteiger partial charge in [0.1, 0.15) is 0 Å². The average molecular weight is 697 g/mol. The zero-order valence-electron chi connectivity index (χ0n) is 20.9. The Morgan fingerprint density at radius 2 is 0.848 bits per heavy atom. The summed E-state index contributed by atoms with van der Waals surface area (Å²) in [5.41, 5.74) is 2.14. The van der Waals surface area contributed by atoms with Gasteiger partial charge in [0.05, 0.1) is 12.3 Å². The van der Waals surface area contributed by atoms with Gasteiger partial charge in [0.25, 0.3) is 0 Å². The molecular weight excluding hydrogens is 654 g/mol. The van der Waals surface area contributed by atoms with Crippen LogP contribution in [0.1, 0.15) is 11.1 Å². The molecule has 0 saturated heterocycles. The number of rotatable bonds is 3. The molecule has 4 rings (SSSR count). The van der Waals surface area contributed by atoms with Crippen LogP contribution in [0.4, 0.5) is 0 Å². The molecule has 0 aliphatic heterocycles. The topological polar surface area (TPSA) is 0 Å². The summed E-state index contributed by atoms with van der Waals surface area (Å²) in [6, 6.07) is 39.7. The Kier molecular flexibility index (Phi) is 26.6. The molecular formula is C30H42P2Th-6. The van der Waals surface area contributed by atoms with Crippen LogP contribution in [0.5, 0.6) is 0 Å². The van der Waals surface area contributed by atoms with Crippen molar-refractivity contribution in [3.8, 4) is 0 Å². The first-order valence-corrected chi connectivity index (χ1v) is 16.5. The Morgan fingerprint density at radius 1 is 0.545 bits per heavy atom. The second kappa shape index (κ2) is 25.7. The molecule has 0 atom stereocenters. The Labute approximate surface area is 239 Å². The number of hydrogen-bond donors (Lipinski definition) is 0. The Balaban J connectivity index is 0. The molecule has 0 saturated carbocycles. The van der Waals surface area contributed by atoms with Crippen LogP contribution in [-0.4, -0.2) is 39.0 Å². The van der Waals surface area contributed by atoms with Gasteiger partial charge in [0.15, 0.2) is 0 Å². The van der Waals surface area contributed by atoms with Crippen LogP contribution in [-0.2, 0) is 0 Å². The standard InChI is InChI=1S/2C7H7.C6H16P2.2C5H5.Th/c2*1-7-5-3-2-4-6-7;1-7(2)5-6-8(3)4;2*1-2-4-5-3-1;/h2*2-6H,1H2;5-6H2,1-4H3;2*1-5H;/q2*-1;;-5;-1;/p+2. The second-order valence-corrected chi connectivity index (χ2v) is 13.6. The minimum absolute atomic E-state index is 0. The smallest absolute Gasteiger partial charge is 0.0899 e. The molecule has 182 valence electrons. The third kappa shape index (κ3) is 29.0. The molecule has 0 unspecified atom stereocenters. The Morgan fingerprint density at radius 3 is 1.00 bits per heavy atom. The van der Waals surface area contributed by atoms with Crippen LogP contribution < -0.4 is 0 Å². The fourth-order valence-corrected chi connectivity index (χ4v) is 6.10. The van der Waals surface area contributed by atoms with Gasteiger partial charge >= 0.3 is 0 Å². The van der Waals surface area contributed by atoms with E-state index in [0.717, 1.165) is 11.1 Å². The summed E-state index contributed by atoms with van der Waals surface area (Å²) in [7, 11) is 0.191. The number of hydrogen-bond acceptors (Lipinski definition) is 0. The molecule has 3 heteroatoms. The Bertz CT molecular complexity index is 687. The van der Waals surface area contributed by atoms with Crippen molar-refractivity contribution < 1.29 is 39.9 Å². The molecule has 0 fully saturated rings. The van der Waals surface area contributed by atoms with Gasteiger partial charge < -0.3 is 30.3 Å². The van der Waals surface area contributed by atoms with Crippen LogP contribution in [0, 0.1) is 53.8 Å². The van der Waals surface area contributed by atoms with Crippen LogP contribution in [0.15, 0.2) is 121 Å². The van der Waals surface area contributed by atoms with E-state index in [0.29, 0.717) is 0 Å². The van der Waals surface area contributed by atoms with Crippen molar-refractivity contribution in [2.45, 2.75) is 0 Å². The molecule has 4 aromatic rings. The van der Waals surface area contributed by atoms with Crippen molar-refractivity contribution in [1.82, 2.24) is 0 Å². The first-order valence-electron chi connectivity index (χ1n) is 11.1. The van der Waals surface area contributed by atoms with Crippen LogP contribution >= 0.6 is 15.8 Å². The van der Waals surface area contributed by atoms with E-state index in [1.807, 2.05) is 121 Å².